The molecule has 0 amide bonds. The molecule has 0 saturated heterocycles. The second-order valence-corrected chi connectivity index (χ2v) is 5.31. The van der Waals surface area contributed by atoms with Gasteiger partial charge in [0.05, 0.1) is 23.5 Å². The Morgan fingerprint density at radius 1 is 1.20 bits per heavy atom. The Hall–Kier alpha value is -1.98. The van der Waals surface area contributed by atoms with Gasteiger partial charge in [0.25, 0.3) is 0 Å². The summed E-state index contributed by atoms with van der Waals surface area (Å²) in [5, 5.41) is 6.59. The van der Waals surface area contributed by atoms with Crippen LogP contribution in [0.5, 0.6) is 0 Å². The summed E-state index contributed by atoms with van der Waals surface area (Å²) in [6.45, 7) is 1.65. The van der Waals surface area contributed by atoms with Crippen LogP contribution in [-0.4, -0.2) is 16.5 Å². The average molecular weight is 285 g/mol. The average Bonchev–Trinajstić information content (AvgIpc) is 3.16. The summed E-state index contributed by atoms with van der Waals surface area (Å²) in [5.74, 6) is 0.960. The fourth-order valence-electron chi connectivity index (χ4n) is 1.90. The third-order valence-corrected chi connectivity index (χ3v) is 3.83. The van der Waals surface area contributed by atoms with Crippen molar-refractivity contribution in [2.24, 2.45) is 0 Å². The zero-order valence-corrected chi connectivity index (χ0v) is 11.8. The molecule has 0 fully saturated rings. The van der Waals surface area contributed by atoms with Gasteiger partial charge in [0.15, 0.2) is 0 Å². The molecule has 3 aromatic heterocycles. The van der Waals surface area contributed by atoms with Gasteiger partial charge in [-0.15, -0.1) is 11.3 Å². The van der Waals surface area contributed by atoms with E-state index in [1.807, 2.05) is 24.3 Å². The summed E-state index contributed by atoms with van der Waals surface area (Å²) in [6, 6.07) is 7.83. The lowest BCUT2D eigenvalue weighted by molar-refractivity contribution is 0.484. The summed E-state index contributed by atoms with van der Waals surface area (Å²) in [6.07, 6.45) is 6.20. The topological polar surface area (TPSA) is 51.0 Å². The van der Waals surface area contributed by atoms with Crippen molar-refractivity contribution < 1.29 is 4.42 Å². The zero-order chi connectivity index (χ0) is 13.6. The molecule has 3 rings (SSSR count). The lowest BCUT2D eigenvalue weighted by atomic mass is 10.2. The fraction of sp³-hybridized carbons (Fsp3) is 0.200. The minimum Gasteiger partial charge on any atom is -0.468 e. The Morgan fingerprint density at radius 3 is 2.90 bits per heavy atom. The van der Waals surface area contributed by atoms with E-state index in [4.69, 9.17) is 4.42 Å². The molecule has 102 valence electrons. The van der Waals surface area contributed by atoms with E-state index in [0.717, 1.165) is 41.5 Å². The highest BCUT2D eigenvalue weighted by Gasteiger charge is 2.04. The minimum atomic E-state index is 0.760. The molecular weight excluding hydrogens is 270 g/mol. The number of furan rings is 1. The van der Waals surface area contributed by atoms with E-state index in [9.17, 15) is 0 Å². The van der Waals surface area contributed by atoms with Crippen molar-refractivity contribution in [1.82, 2.24) is 15.3 Å². The molecule has 1 N–H and O–H groups in total. The molecule has 3 heterocycles. The summed E-state index contributed by atoms with van der Waals surface area (Å²) in [4.78, 5) is 8.66. The van der Waals surface area contributed by atoms with Crippen LogP contribution in [0.15, 0.2) is 52.7 Å². The number of nitrogens with zero attached hydrogens (tertiary/aromatic N) is 2. The Kier molecular flexibility index (Phi) is 4.20. The van der Waals surface area contributed by atoms with Crippen molar-refractivity contribution in [1.29, 1.82) is 0 Å². The standard InChI is InChI=1S/C15H15N3OS/c1-2-13(19-9-1)10-17-8-5-15-18-14(11-20-15)12-3-6-16-7-4-12/h1-4,6-7,9,11,17H,5,8,10H2. The first kappa shape index (κ1) is 13.0. The van der Waals surface area contributed by atoms with Crippen LogP contribution < -0.4 is 5.32 Å². The van der Waals surface area contributed by atoms with Gasteiger partial charge in [-0.2, -0.15) is 0 Å². The first-order valence-corrected chi connectivity index (χ1v) is 7.38. The number of thiazole rings is 1. The third kappa shape index (κ3) is 3.31. The maximum atomic E-state index is 5.27. The van der Waals surface area contributed by atoms with Gasteiger partial charge >= 0.3 is 0 Å². The smallest absolute Gasteiger partial charge is 0.117 e. The quantitative estimate of drug-likeness (QED) is 0.707. The lowest BCUT2D eigenvalue weighted by Crippen LogP contribution is -2.16. The second kappa shape index (κ2) is 6.45. The van der Waals surface area contributed by atoms with Gasteiger partial charge in [-0.1, -0.05) is 0 Å². The SMILES string of the molecule is c1coc(CNCCc2nc(-c3ccncc3)cs2)c1. The van der Waals surface area contributed by atoms with Crippen molar-refractivity contribution in [3.63, 3.8) is 0 Å². The van der Waals surface area contributed by atoms with Crippen LogP contribution >= 0.6 is 11.3 Å². The van der Waals surface area contributed by atoms with E-state index in [0.29, 0.717) is 0 Å². The summed E-state index contributed by atoms with van der Waals surface area (Å²) in [7, 11) is 0. The Morgan fingerprint density at radius 2 is 2.10 bits per heavy atom. The van der Waals surface area contributed by atoms with Crippen molar-refractivity contribution in [3.8, 4) is 11.3 Å². The van der Waals surface area contributed by atoms with E-state index in [1.165, 1.54) is 0 Å². The number of aromatic nitrogens is 2. The van der Waals surface area contributed by atoms with Crippen molar-refractivity contribution in [2.75, 3.05) is 6.54 Å². The normalized spacial score (nSPS) is 10.8. The molecule has 0 aliphatic heterocycles. The first-order valence-electron chi connectivity index (χ1n) is 6.50. The summed E-state index contributed by atoms with van der Waals surface area (Å²) >= 11 is 1.70. The molecule has 3 aromatic rings. The van der Waals surface area contributed by atoms with E-state index in [-0.39, 0.29) is 0 Å². The van der Waals surface area contributed by atoms with E-state index < -0.39 is 0 Å². The predicted molar refractivity (Wildman–Crippen MR) is 79.5 cm³/mol. The molecule has 0 aliphatic rings. The van der Waals surface area contributed by atoms with Crippen LogP contribution in [0.25, 0.3) is 11.3 Å². The van der Waals surface area contributed by atoms with Crippen LogP contribution in [0.2, 0.25) is 0 Å². The molecule has 0 saturated carbocycles. The number of hydrogen-bond acceptors (Lipinski definition) is 5. The third-order valence-electron chi connectivity index (χ3n) is 2.92. The van der Waals surface area contributed by atoms with Crippen LogP contribution in [0.3, 0.4) is 0 Å². The molecule has 0 spiro atoms. The second-order valence-electron chi connectivity index (χ2n) is 4.37. The summed E-state index contributed by atoms with van der Waals surface area (Å²) < 4.78 is 5.27. The van der Waals surface area contributed by atoms with Gasteiger partial charge in [0, 0.05) is 36.3 Å². The molecule has 0 aliphatic carbocycles. The molecule has 20 heavy (non-hydrogen) atoms. The lowest BCUT2D eigenvalue weighted by Gasteiger charge is -2.00. The van der Waals surface area contributed by atoms with Crippen LogP contribution in [-0.2, 0) is 13.0 Å². The number of pyridine rings is 1. The molecule has 0 aromatic carbocycles. The van der Waals surface area contributed by atoms with Gasteiger partial charge in [-0.05, 0) is 24.3 Å². The Balaban J connectivity index is 1.50. The molecule has 0 radical (unpaired) electrons. The number of hydrogen-bond donors (Lipinski definition) is 1. The highest BCUT2D eigenvalue weighted by molar-refractivity contribution is 7.09. The van der Waals surface area contributed by atoms with Crippen LogP contribution in [0, 0.1) is 0 Å². The van der Waals surface area contributed by atoms with Crippen LogP contribution in [0.1, 0.15) is 10.8 Å². The molecule has 0 bridgehead atoms. The van der Waals surface area contributed by atoms with Gasteiger partial charge in [-0.25, -0.2) is 4.98 Å². The molecular formula is C15H15N3OS. The van der Waals surface area contributed by atoms with E-state index >= 15 is 0 Å². The van der Waals surface area contributed by atoms with Gasteiger partial charge in [0.2, 0.25) is 0 Å². The molecule has 0 atom stereocenters. The van der Waals surface area contributed by atoms with Gasteiger partial charge in [-0.3, -0.25) is 4.98 Å². The number of rotatable bonds is 6. The zero-order valence-electron chi connectivity index (χ0n) is 11.0. The van der Waals surface area contributed by atoms with Gasteiger partial charge in [0.1, 0.15) is 5.76 Å². The van der Waals surface area contributed by atoms with E-state index in [2.05, 4.69) is 20.7 Å². The predicted octanol–water partition coefficient (Wildman–Crippen LogP) is 3.13. The van der Waals surface area contributed by atoms with Crippen molar-refractivity contribution in [3.05, 3.63) is 59.1 Å². The maximum Gasteiger partial charge on any atom is 0.117 e. The maximum absolute atomic E-state index is 5.27. The Labute approximate surface area is 121 Å². The van der Waals surface area contributed by atoms with E-state index in [1.54, 1.807) is 30.0 Å². The molecule has 0 unspecified atom stereocenters. The fourth-order valence-corrected chi connectivity index (χ4v) is 2.71. The minimum absolute atomic E-state index is 0.760. The highest BCUT2D eigenvalue weighted by atomic mass is 32.1. The molecule has 5 heteroatoms. The molecule has 4 nitrogen and oxygen atoms in total. The van der Waals surface area contributed by atoms with Crippen molar-refractivity contribution in [2.45, 2.75) is 13.0 Å². The first-order chi connectivity index (χ1) is 9.92. The summed E-state index contributed by atoms with van der Waals surface area (Å²) in [5.41, 5.74) is 2.14. The number of nitrogens with one attached hydrogen (secondary N) is 1. The Bertz CT molecular complexity index is 634. The van der Waals surface area contributed by atoms with Crippen LogP contribution in [0.4, 0.5) is 0 Å². The van der Waals surface area contributed by atoms with Gasteiger partial charge < -0.3 is 9.73 Å². The monoisotopic (exact) mass is 285 g/mol. The highest BCUT2D eigenvalue weighted by Crippen LogP contribution is 2.21. The largest absolute Gasteiger partial charge is 0.468 e. The van der Waals surface area contributed by atoms with Crippen molar-refractivity contribution >= 4 is 11.3 Å².